The van der Waals surface area contributed by atoms with Crippen LogP contribution in [0.5, 0.6) is 0 Å². The predicted octanol–water partition coefficient (Wildman–Crippen LogP) is 3.39. The molecule has 6 nitrogen and oxygen atoms in total. The summed E-state index contributed by atoms with van der Waals surface area (Å²) in [4.78, 5) is 44.6. The number of carbonyl (C=O) groups excluding carboxylic acids is 3. The number of nitrogens with one attached hydrogen (secondary N) is 1. The van der Waals surface area contributed by atoms with Gasteiger partial charge in [-0.15, -0.1) is 0 Å². The molecule has 3 amide bonds. The number of fused-ring (bicyclic) bond motifs is 7. The molecule has 6 rings (SSSR count). The molecule has 7 heteroatoms. The monoisotopic (exact) mass is 435 g/mol. The third kappa shape index (κ3) is 2.14. The van der Waals surface area contributed by atoms with Crippen LogP contribution in [0, 0.1) is 25.7 Å². The van der Waals surface area contributed by atoms with Crippen molar-refractivity contribution in [1.82, 2.24) is 4.90 Å². The number of halogens is 1. The second-order valence-corrected chi connectivity index (χ2v) is 9.50. The van der Waals surface area contributed by atoms with Crippen molar-refractivity contribution in [3.63, 3.8) is 0 Å². The highest BCUT2D eigenvalue weighted by Gasteiger charge is 2.74. The number of imide groups is 1. The first-order chi connectivity index (χ1) is 14.9. The zero-order valence-electron chi connectivity index (χ0n) is 17.3. The molecule has 2 aromatic rings. The van der Waals surface area contributed by atoms with Crippen LogP contribution in [0.25, 0.3) is 0 Å². The van der Waals surface area contributed by atoms with Crippen LogP contribution >= 0.6 is 11.6 Å². The average Bonchev–Trinajstić information content (AvgIpc) is 3.42. The summed E-state index contributed by atoms with van der Waals surface area (Å²) < 4.78 is 0. The lowest BCUT2D eigenvalue weighted by atomic mass is 9.75. The standard InChI is InChI=1S/C24H22ClN3O3/c1-12-8-9-16(15(25)11-12)28-21(29)18-17-7-4-10-27(17)24(19(18)22(28)30)14-6-3-5-13(2)20(14)26-23(24)31/h3,5-6,8-9,11,17-19H,4,7,10H2,1-2H3,(H,26,31). The summed E-state index contributed by atoms with van der Waals surface area (Å²) in [5.74, 6) is -2.09. The number of amides is 3. The third-order valence-corrected chi connectivity index (χ3v) is 7.88. The molecule has 3 saturated heterocycles. The minimum absolute atomic E-state index is 0.132. The van der Waals surface area contributed by atoms with E-state index in [1.165, 1.54) is 4.90 Å². The number of carbonyl (C=O) groups is 3. The van der Waals surface area contributed by atoms with Gasteiger partial charge in [0.15, 0.2) is 0 Å². The smallest absolute Gasteiger partial charge is 0.250 e. The number of hydrogen-bond donors (Lipinski definition) is 1. The molecule has 0 saturated carbocycles. The normalized spacial score (nSPS) is 31.4. The first-order valence-corrected chi connectivity index (χ1v) is 11.1. The van der Waals surface area contributed by atoms with Crippen molar-refractivity contribution in [1.29, 1.82) is 0 Å². The van der Waals surface area contributed by atoms with Gasteiger partial charge in [-0.3, -0.25) is 19.3 Å². The van der Waals surface area contributed by atoms with Gasteiger partial charge in [-0.05, 0) is 56.5 Å². The first-order valence-electron chi connectivity index (χ1n) is 10.7. The fraction of sp³-hybridized carbons (Fsp3) is 0.375. The van der Waals surface area contributed by atoms with Gasteiger partial charge >= 0.3 is 0 Å². The van der Waals surface area contributed by atoms with Crippen LogP contribution in [-0.2, 0) is 19.9 Å². The number of hydrogen-bond acceptors (Lipinski definition) is 4. The third-order valence-electron chi connectivity index (χ3n) is 7.58. The van der Waals surface area contributed by atoms with E-state index in [-0.39, 0.29) is 23.8 Å². The van der Waals surface area contributed by atoms with Gasteiger partial charge in [-0.2, -0.15) is 0 Å². The van der Waals surface area contributed by atoms with Crippen LogP contribution in [0.15, 0.2) is 36.4 Å². The number of rotatable bonds is 1. The summed E-state index contributed by atoms with van der Waals surface area (Å²) >= 11 is 6.45. The van der Waals surface area contributed by atoms with Gasteiger partial charge in [0, 0.05) is 17.3 Å². The van der Waals surface area contributed by atoms with Crippen molar-refractivity contribution in [3.8, 4) is 0 Å². The van der Waals surface area contributed by atoms with E-state index in [1.54, 1.807) is 12.1 Å². The first kappa shape index (κ1) is 19.0. The molecule has 0 aliphatic carbocycles. The minimum atomic E-state index is -1.15. The highest BCUT2D eigenvalue weighted by molar-refractivity contribution is 6.36. The highest BCUT2D eigenvalue weighted by atomic mass is 35.5. The maximum absolute atomic E-state index is 13.9. The van der Waals surface area contributed by atoms with Gasteiger partial charge in [0.25, 0.3) is 0 Å². The molecule has 4 aliphatic heterocycles. The van der Waals surface area contributed by atoms with Crippen LogP contribution in [-0.4, -0.2) is 35.2 Å². The Hall–Kier alpha value is -2.70. The number of aryl methyl sites for hydroxylation is 2. The van der Waals surface area contributed by atoms with Crippen molar-refractivity contribution in [2.45, 2.75) is 38.3 Å². The minimum Gasteiger partial charge on any atom is -0.324 e. The van der Waals surface area contributed by atoms with E-state index in [9.17, 15) is 14.4 Å². The van der Waals surface area contributed by atoms with E-state index in [1.807, 2.05) is 38.1 Å². The Morgan fingerprint density at radius 2 is 1.90 bits per heavy atom. The molecule has 3 fully saturated rings. The van der Waals surface area contributed by atoms with Crippen molar-refractivity contribution < 1.29 is 14.4 Å². The lowest BCUT2D eigenvalue weighted by Crippen LogP contribution is -2.54. The number of nitrogens with zero attached hydrogens (tertiary/aromatic N) is 2. The summed E-state index contributed by atoms with van der Waals surface area (Å²) in [5.41, 5.74) is 2.74. The Labute approximate surface area is 185 Å². The molecule has 0 aromatic heterocycles. The molecule has 4 atom stereocenters. The van der Waals surface area contributed by atoms with Crippen LogP contribution < -0.4 is 10.2 Å². The Kier molecular flexibility index (Phi) is 3.79. The molecular formula is C24H22ClN3O3. The van der Waals surface area contributed by atoms with E-state index in [2.05, 4.69) is 10.2 Å². The lowest BCUT2D eigenvalue weighted by Gasteiger charge is -2.36. The molecule has 1 spiro atoms. The molecular weight excluding hydrogens is 414 g/mol. The summed E-state index contributed by atoms with van der Waals surface area (Å²) in [7, 11) is 0. The number of anilines is 2. The van der Waals surface area contributed by atoms with Crippen molar-refractivity contribution >= 4 is 40.7 Å². The van der Waals surface area contributed by atoms with E-state index < -0.39 is 17.4 Å². The maximum Gasteiger partial charge on any atom is 0.250 e. The second-order valence-electron chi connectivity index (χ2n) is 9.09. The molecule has 2 aromatic carbocycles. The van der Waals surface area contributed by atoms with E-state index in [0.29, 0.717) is 17.3 Å². The Morgan fingerprint density at radius 3 is 2.68 bits per heavy atom. The van der Waals surface area contributed by atoms with Gasteiger partial charge in [0.1, 0.15) is 5.54 Å². The molecule has 0 bridgehead atoms. The molecule has 0 radical (unpaired) electrons. The van der Waals surface area contributed by atoms with Gasteiger partial charge in [0.05, 0.1) is 22.5 Å². The summed E-state index contributed by atoms with van der Waals surface area (Å²) in [6.45, 7) is 4.56. The largest absolute Gasteiger partial charge is 0.324 e. The number of benzene rings is 2. The summed E-state index contributed by atoms with van der Waals surface area (Å²) in [6.07, 6.45) is 1.70. The van der Waals surface area contributed by atoms with Crippen molar-refractivity contribution in [2.75, 3.05) is 16.8 Å². The fourth-order valence-corrected chi connectivity index (χ4v) is 6.73. The van der Waals surface area contributed by atoms with Crippen LogP contribution in [0.2, 0.25) is 5.02 Å². The maximum atomic E-state index is 13.9. The lowest BCUT2D eigenvalue weighted by molar-refractivity contribution is -0.135. The zero-order chi connectivity index (χ0) is 21.7. The topological polar surface area (TPSA) is 69.7 Å². The number of para-hydroxylation sites is 1. The van der Waals surface area contributed by atoms with Gasteiger partial charge in [-0.1, -0.05) is 35.9 Å². The predicted molar refractivity (Wildman–Crippen MR) is 117 cm³/mol. The van der Waals surface area contributed by atoms with Crippen molar-refractivity contribution in [3.05, 3.63) is 58.1 Å². The summed E-state index contributed by atoms with van der Waals surface area (Å²) in [5, 5.41) is 3.41. The van der Waals surface area contributed by atoms with Gasteiger partial charge < -0.3 is 5.32 Å². The van der Waals surface area contributed by atoms with E-state index in [0.717, 1.165) is 35.2 Å². The molecule has 4 unspecified atom stereocenters. The highest BCUT2D eigenvalue weighted by Crippen LogP contribution is 2.61. The Bertz CT molecular complexity index is 1190. The molecule has 1 N–H and O–H groups in total. The van der Waals surface area contributed by atoms with Crippen LogP contribution in [0.3, 0.4) is 0 Å². The Balaban J connectivity index is 1.57. The van der Waals surface area contributed by atoms with Gasteiger partial charge in [-0.25, -0.2) is 4.90 Å². The van der Waals surface area contributed by atoms with Crippen LogP contribution in [0.4, 0.5) is 11.4 Å². The molecule has 4 heterocycles. The van der Waals surface area contributed by atoms with Crippen molar-refractivity contribution in [2.24, 2.45) is 11.8 Å². The molecule has 31 heavy (non-hydrogen) atoms. The summed E-state index contributed by atoms with van der Waals surface area (Å²) in [6, 6.07) is 11.0. The second kappa shape index (κ2) is 6.17. The average molecular weight is 436 g/mol. The molecule has 4 aliphatic rings. The fourth-order valence-electron chi connectivity index (χ4n) is 6.41. The zero-order valence-corrected chi connectivity index (χ0v) is 18.1. The SMILES string of the molecule is Cc1ccc(N2C(=O)C3C4CCCN4C4(C(=O)Nc5c(C)cccc54)C3C2=O)c(Cl)c1. The quantitative estimate of drug-likeness (QED) is 0.697. The molecule has 158 valence electrons. The van der Waals surface area contributed by atoms with E-state index >= 15 is 0 Å². The Morgan fingerprint density at radius 1 is 1.10 bits per heavy atom. The van der Waals surface area contributed by atoms with E-state index in [4.69, 9.17) is 11.6 Å². The van der Waals surface area contributed by atoms with Gasteiger partial charge in [0.2, 0.25) is 17.7 Å². The van der Waals surface area contributed by atoms with Crippen LogP contribution in [0.1, 0.15) is 29.5 Å².